The number of hydrogen-bond acceptors (Lipinski definition) is 4. The number of nitro benzene ring substituents is 1. The average Bonchev–Trinajstić information content (AvgIpc) is 2.65. The molecule has 0 atom stereocenters. The van der Waals surface area contributed by atoms with Gasteiger partial charge in [-0.2, -0.15) is 0 Å². The van der Waals surface area contributed by atoms with Crippen LogP contribution >= 0.6 is 11.6 Å². The largest absolute Gasteiger partial charge is 0.491 e. The Bertz CT molecular complexity index is 969. The van der Waals surface area contributed by atoms with Crippen LogP contribution in [0, 0.1) is 10.1 Å². The van der Waals surface area contributed by atoms with Crippen LogP contribution in [0.2, 0.25) is 5.02 Å². The van der Waals surface area contributed by atoms with Crippen LogP contribution in [-0.4, -0.2) is 24.0 Å². The first kappa shape index (κ1) is 17.7. The summed E-state index contributed by atoms with van der Waals surface area (Å²) in [7, 11) is 0. The number of fused-ring (bicyclic) bond motifs is 1. The lowest BCUT2D eigenvalue weighted by molar-refractivity contribution is -0.384. The smallest absolute Gasteiger partial charge is 0.270 e. The monoisotopic (exact) mass is 370 g/mol. The first-order valence-corrected chi connectivity index (χ1v) is 8.27. The molecule has 132 valence electrons. The molecule has 0 saturated carbocycles. The summed E-state index contributed by atoms with van der Waals surface area (Å²) >= 11 is 5.95. The summed E-state index contributed by atoms with van der Waals surface area (Å²) in [6.45, 7) is 0.555. The van der Waals surface area contributed by atoms with Crippen molar-refractivity contribution >= 4 is 34.0 Å². The van der Waals surface area contributed by atoms with Crippen LogP contribution in [0.4, 0.5) is 5.69 Å². The summed E-state index contributed by atoms with van der Waals surface area (Å²) in [5.41, 5.74) is 0.0215. The number of carbonyl (C=O) groups is 1. The van der Waals surface area contributed by atoms with E-state index < -0.39 is 10.8 Å². The highest BCUT2D eigenvalue weighted by Crippen LogP contribution is 2.25. The quantitative estimate of drug-likeness (QED) is 0.400. The van der Waals surface area contributed by atoms with E-state index in [4.69, 9.17) is 16.3 Å². The topological polar surface area (TPSA) is 81.5 Å². The molecule has 0 aliphatic carbocycles. The van der Waals surface area contributed by atoms with Gasteiger partial charge in [0.25, 0.3) is 11.6 Å². The minimum absolute atomic E-state index is 0.0340. The zero-order valence-electron chi connectivity index (χ0n) is 13.6. The number of nitrogens with zero attached hydrogens (tertiary/aromatic N) is 1. The van der Waals surface area contributed by atoms with Crippen LogP contribution in [0.5, 0.6) is 5.75 Å². The molecule has 0 saturated heterocycles. The third-order valence-corrected chi connectivity index (χ3v) is 4.12. The fourth-order valence-corrected chi connectivity index (χ4v) is 2.80. The van der Waals surface area contributed by atoms with Gasteiger partial charge < -0.3 is 10.1 Å². The molecule has 0 aliphatic rings. The Hall–Kier alpha value is -3.12. The highest BCUT2D eigenvalue weighted by atomic mass is 35.5. The molecule has 7 heteroatoms. The normalized spacial score (nSPS) is 10.5. The third kappa shape index (κ3) is 3.92. The lowest BCUT2D eigenvalue weighted by Crippen LogP contribution is -2.28. The lowest BCUT2D eigenvalue weighted by atomic mass is 10.1. The minimum atomic E-state index is -0.564. The maximum atomic E-state index is 12.1. The molecule has 26 heavy (non-hydrogen) atoms. The number of carbonyl (C=O) groups excluding carboxylic acids is 1. The zero-order valence-corrected chi connectivity index (χ0v) is 14.4. The van der Waals surface area contributed by atoms with E-state index in [9.17, 15) is 14.9 Å². The van der Waals surface area contributed by atoms with Crippen molar-refractivity contribution in [3.05, 3.63) is 81.4 Å². The molecule has 3 aromatic carbocycles. The first-order chi connectivity index (χ1) is 12.6. The van der Waals surface area contributed by atoms with E-state index >= 15 is 0 Å². The number of halogens is 1. The van der Waals surface area contributed by atoms with E-state index in [0.717, 1.165) is 22.6 Å². The molecule has 1 amide bonds. The van der Waals surface area contributed by atoms with Crippen molar-refractivity contribution in [2.75, 3.05) is 13.2 Å². The maximum absolute atomic E-state index is 12.1. The first-order valence-electron chi connectivity index (χ1n) is 7.89. The second-order valence-electron chi connectivity index (χ2n) is 5.50. The molecule has 0 fully saturated rings. The van der Waals surface area contributed by atoms with Gasteiger partial charge in [-0.25, -0.2) is 0 Å². The Morgan fingerprint density at radius 3 is 2.65 bits per heavy atom. The lowest BCUT2D eigenvalue weighted by Gasteiger charge is -2.10. The summed E-state index contributed by atoms with van der Waals surface area (Å²) in [5.74, 6) is 0.331. The molecule has 3 rings (SSSR count). The second kappa shape index (κ2) is 7.84. The molecule has 0 aromatic heterocycles. The van der Waals surface area contributed by atoms with Crippen molar-refractivity contribution in [1.82, 2.24) is 5.32 Å². The van der Waals surface area contributed by atoms with Crippen LogP contribution in [0.1, 0.15) is 10.4 Å². The van der Waals surface area contributed by atoms with Gasteiger partial charge in [0.1, 0.15) is 12.4 Å². The van der Waals surface area contributed by atoms with Crippen LogP contribution in [0.3, 0.4) is 0 Å². The molecule has 0 bridgehead atoms. The molecule has 0 spiro atoms. The van der Waals surface area contributed by atoms with Gasteiger partial charge in [-0.05, 0) is 17.5 Å². The summed E-state index contributed by atoms with van der Waals surface area (Å²) in [5, 5.41) is 15.5. The predicted octanol–water partition coefficient (Wildman–Crippen LogP) is 4.21. The van der Waals surface area contributed by atoms with E-state index in [0.29, 0.717) is 0 Å². The van der Waals surface area contributed by atoms with Crippen molar-refractivity contribution in [2.24, 2.45) is 0 Å². The van der Waals surface area contributed by atoms with Gasteiger partial charge in [-0.1, -0.05) is 48.0 Å². The average molecular weight is 371 g/mol. The zero-order chi connectivity index (χ0) is 18.5. The number of nitrogens with one attached hydrogen (secondary N) is 1. The van der Waals surface area contributed by atoms with Crippen molar-refractivity contribution in [3.8, 4) is 5.75 Å². The van der Waals surface area contributed by atoms with Gasteiger partial charge in [-0.15, -0.1) is 0 Å². The summed E-state index contributed by atoms with van der Waals surface area (Å²) in [6.07, 6.45) is 0. The van der Waals surface area contributed by atoms with Gasteiger partial charge in [-0.3, -0.25) is 14.9 Å². The number of nitro groups is 1. The van der Waals surface area contributed by atoms with Crippen LogP contribution in [0.25, 0.3) is 10.8 Å². The van der Waals surface area contributed by atoms with E-state index in [1.165, 1.54) is 12.1 Å². The molecular formula is C19H15ClN2O4. The van der Waals surface area contributed by atoms with Crippen molar-refractivity contribution in [2.45, 2.75) is 0 Å². The number of benzene rings is 3. The van der Waals surface area contributed by atoms with Crippen molar-refractivity contribution < 1.29 is 14.5 Å². The Labute approximate surface area is 154 Å². The Morgan fingerprint density at radius 2 is 1.88 bits per heavy atom. The Balaban J connectivity index is 1.58. The molecule has 0 aliphatic heterocycles. The summed E-state index contributed by atoms with van der Waals surface area (Å²) in [4.78, 5) is 22.3. The highest BCUT2D eigenvalue weighted by molar-refractivity contribution is 6.34. The van der Waals surface area contributed by atoms with Gasteiger partial charge >= 0.3 is 0 Å². The standard InChI is InChI=1S/C19H15ClN2O4/c20-17-12-14(22(24)25)8-9-16(17)19(23)21-10-11-26-18-7-3-5-13-4-1-2-6-15(13)18/h1-9,12H,10-11H2,(H,21,23). The van der Waals surface area contributed by atoms with Gasteiger partial charge in [0.15, 0.2) is 0 Å². The second-order valence-corrected chi connectivity index (χ2v) is 5.91. The number of amides is 1. The Kier molecular flexibility index (Phi) is 5.34. The van der Waals surface area contributed by atoms with E-state index in [-0.39, 0.29) is 29.4 Å². The molecule has 0 radical (unpaired) electrons. The predicted molar refractivity (Wildman–Crippen MR) is 99.9 cm³/mol. The fourth-order valence-electron chi connectivity index (χ4n) is 2.54. The van der Waals surface area contributed by atoms with Crippen LogP contribution < -0.4 is 10.1 Å². The van der Waals surface area contributed by atoms with Gasteiger partial charge in [0, 0.05) is 17.5 Å². The summed E-state index contributed by atoms with van der Waals surface area (Å²) in [6, 6.07) is 17.4. The molecule has 3 aromatic rings. The molecule has 0 unspecified atom stereocenters. The van der Waals surface area contributed by atoms with Gasteiger partial charge in [0.2, 0.25) is 0 Å². The van der Waals surface area contributed by atoms with Crippen LogP contribution in [0.15, 0.2) is 60.7 Å². The SMILES string of the molecule is O=C(NCCOc1cccc2ccccc12)c1ccc([N+](=O)[O-])cc1Cl. The molecule has 6 nitrogen and oxygen atoms in total. The molecular weight excluding hydrogens is 356 g/mol. The minimum Gasteiger partial charge on any atom is -0.491 e. The number of hydrogen-bond donors (Lipinski definition) is 1. The Morgan fingerprint density at radius 1 is 1.12 bits per heavy atom. The number of non-ortho nitro benzene ring substituents is 1. The number of rotatable bonds is 6. The molecule has 1 N–H and O–H groups in total. The summed E-state index contributed by atoms with van der Waals surface area (Å²) < 4.78 is 5.75. The highest BCUT2D eigenvalue weighted by Gasteiger charge is 2.14. The van der Waals surface area contributed by atoms with Crippen molar-refractivity contribution in [3.63, 3.8) is 0 Å². The fraction of sp³-hybridized carbons (Fsp3) is 0.105. The van der Waals surface area contributed by atoms with Crippen LogP contribution in [-0.2, 0) is 0 Å². The molecule has 0 heterocycles. The number of ether oxygens (including phenoxy) is 1. The van der Waals surface area contributed by atoms with E-state index in [2.05, 4.69) is 5.32 Å². The van der Waals surface area contributed by atoms with Crippen molar-refractivity contribution in [1.29, 1.82) is 0 Å². The maximum Gasteiger partial charge on any atom is 0.270 e. The third-order valence-electron chi connectivity index (χ3n) is 3.80. The van der Waals surface area contributed by atoms with Gasteiger partial charge in [0.05, 0.1) is 22.1 Å². The van der Waals surface area contributed by atoms with E-state index in [1.807, 2.05) is 42.5 Å². The van der Waals surface area contributed by atoms with E-state index in [1.54, 1.807) is 0 Å².